The van der Waals surface area contributed by atoms with E-state index in [0.717, 1.165) is 17.8 Å². The molecule has 2 nitrogen and oxygen atoms in total. The Bertz CT molecular complexity index is 243. The minimum absolute atomic E-state index is 0.163. The van der Waals surface area contributed by atoms with Crippen LogP contribution in [0.15, 0.2) is 11.6 Å². The third-order valence-electron chi connectivity index (χ3n) is 1.97. The van der Waals surface area contributed by atoms with Gasteiger partial charge in [0.25, 0.3) is 0 Å². The summed E-state index contributed by atoms with van der Waals surface area (Å²) in [6, 6.07) is 0. The van der Waals surface area contributed by atoms with Crippen molar-refractivity contribution in [3.05, 3.63) is 16.6 Å². The summed E-state index contributed by atoms with van der Waals surface area (Å²) in [5.74, 6) is 0.434. The van der Waals surface area contributed by atoms with Gasteiger partial charge < -0.3 is 0 Å². The molecule has 0 aliphatic carbocycles. The lowest BCUT2D eigenvalue weighted by Gasteiger charge is -2.07. The summed E-state index contributed by atoms with van der Waals surface area (Å²) in [6.45, 7) is 3.70. The van der Waals surface area contributed by atoms with Crippen LogP contribution in [0, 0.1) is 5.92 Å². The lowest BCUT2D eigenvalue weighted by atomic mass is 9.99. The Morgan fingerprint density at radius 3 is 2.92 bits per heavy atom. The summed E-state index contributed by atoms with van der Waals surface area (Å²) in [6.07, 6.45) is 3.51. The van der Waals surface area contributed by atoms with Crippen molar-refractivity contribution >= 4 is 17.1 Å². The molecule has 1 aromatic rings. The molecule has 0 bridgehead atoms. The molecule has 0 fully saturated rings. The normalized spacial score (nSPS) is 12.8. The number of hydrogen-bond donors (Lipinski definition) is 0. The van der Waals surface area contributed by atoms with Gasteiger partial charge in [-0.05, 0) is 13.3 Å². The quantitative estimate of drug-likeness (QED) is 0.717. The number of hydrogen-bond acceptors (Lipinski definition) is 3. The van der Waals surface area contributed by atoms with Gasteiger partial charge in [-0.2, -0.15) is 0 Å². The summed E-state index contributed by atoms with van der Waals surface area (Å²) < 4.78 is 0. The van der Waals surface area contributed by atoms with E-state index in [1.807, 2.05) is 12.3 Å². The van der Waals surface area contributed by atoms with Crippen molar-refractivity contribution < 1.29 is 4.79 Å². The molecule has 66 valence electrons. The second kappa shape index (κ2) is 4.36. The molecule has 1 heterocycles. The van der Waals surface area contributed by atoms with E-state index in [2.05, 4.69) is 4.98 Å². The van der Waals surface area contributed by atoms with Crippen LogP contribution in [0.1, 0.15) is 25.3 Å². The zero-order chi connectivity index (χ0) is 8.97. The molecule has 12 heavy (non-hydrogen) atoms. The van der Waals surface area contributed by atoms with Crippen molar-refractivity contribution in [3.63, 3.8) is 0 Å². The zero-order valence-corrected chi connectivity index (χ0v) is 8.23. The fourth-order valence-electron chi connectivity index (χ4n) is 1.14. The van der Waals surface area contributed by atoms with Crippen LogP contribution in [0.2, 0.25) is 0 Å². The summed E-state index contributed by atoms with van der Waals surface area (Å²) in [5.41, 5.74) is 0. The average molecular weight is 183 g/mol. The number of aromatic nitrogens is 1. The smallest absolute Gasteiger partial charge is 0.133 e. The number of rotatable bonds is 4. The first-order chi connectivity index (χ1) is 5.74. The largest absolute Gasteiger partial charge is 0.300 e. The number of carbonyl (C=O) groups is 1. The Morgan fingerprint density at radius 1 is 1.75 bits per heavy atom. The number of nitrogens with zero attached hydrogens (tertiary/aromatic N) is 1. The maximum absolute atomic E-state index is 11.1. The van der Waals surface area contributed by atoms with Gasteiger partial charge in [-0.15, -0.1) is 11.3 Å². The second-order valence-corrected chi connectivity index (χ2v) is 3.82. The molecule has 0 aromatic carbocycles. The predicted molar refractivity (Wildman–Crippen MR) is 50.3 cm³/mol. The van der Waals surface area contributed by atoms with E-state index in [4.69, 9.17) is 0 Å². The molecule has 0 saturated heterocycles. The molecule has 0 amide bonds. The van der Waals surface area contributed by atoms with Crippen molar-refractivity contribution in [2.24, 2.45) is 5.92 Å². The minimum Gasteiger partial charge on any atom is -0.300 e. The summed E-state index contributed by atoms with van der Waals surface area (Å²) in [7, 11) is 0. The molecule has 0 aliphatic heterocycles. The third kappa shape index (κ3) is 2.41. The van der Waals surface area contributed by atoms with Crippen LogP contribution in [0.25, 0.3) is 0 Å². The molecule has 3 heteroatoms. The topological polar surface area (TPSA) is 30.0 Å². The van der Waals surface area contributed by atoms with Gasteiger partial charge in [0.15, 0.2) is 0 Å². The number of thiazole rings is 1. The highest BCUT2D eigenvalue weighted by Crippen LogP contribution is 2.14. The van der Waals surface area contributed by atoms with Crippen molar-refractivity contribution in [2.75, 3.05) is 0 Å². The van der Waals surface area contributed by atoms with Crippen molar-refractivity contribution in [1.82, 2.24) is 4.98 Å². The molecule has 0 radical (unpaired) electrons. The molecule has 0 aliphatic rings. The highest BCUT2D eigenvalue weighted by atomic mass is 32.1. The maximum atomic E-state index is 11.1. The van der Waals surface area contributed by atoms with Crippen LogP contribution >= 0.6 is 11.3 Å². The van der Waals surface area contributed by atoms with Gasteiger partial charge in [-0.1, -0.05) is 6.92 Å². The summed E-state index contributed by atoms with van der Waals surface area (Å²) >= 11 is 1.62. The zero-order valence-electron chi connectivity index (χ0n) is 7.41. The molecule has 1 atom stereocenters. The maximum Gasteiger partial charge on any atom is 0.133 e. The van der Waals surface area contributed by atoms with E-state index in [-0.39, 0.29) is 11.7 Å². The highest BCUT2D eigenvalue weighted by Gasteiger charge is 2.13. The molecule has 0 spiro atoms. The van der Waals surface area contributed by atoms with Gasteiger partial charge in [-0.25, -0.2) is 4.98 Å². The Labute approximate surface area is 76.6 Å². The fourth-order valence-corrected chi connectivity index (χ4v) is 1.84. The average Bonchev–Trinajstić information content (AvgIpc) is 2.51. The second-order valence-electron chi connectivity index (χ2n) is 2.85. The van der Waals surface area contributed by atoms with Crippen molar-refractivity contribution in [2.45, 2.75) is 26.7 Å². The Hall–Kier alpha value is -0.700. The minimum atomic E-state index is 0.163. The number of Topliss-reactive ketones (excluding diaryl/α,β-unsaturated/α-hetero) is 1. The van der Waals surface area contributed by atoms with Gasteiger partial charge in [-0.3, -0.25) is 4.79 Å². The van der Waals surface area contributed by atoms with E-state index >= 15 is 0 Å². The first-order valence-electron chi connectivity index (χ1n) is 4.12. The van der Waals surface area contributed by atoms with Gasteiger partial charge >= 0.3 is 0 Å². The predicted octanol–water partition coefficient (Wildman–Crippen LogP) is 2.30. The van der Waals surface area contributed by atoms with Crippen LogP contribution in [0.5, 0.6) is 0 Å². The first-order valence-corrected chi connectivity index (χ1v) is 5.00. The first kappa shape index (κ1) is 9.39. The Morgan fingerprint density at radius 2 is 2.50 bits per heavy atom. The van der Waals surface area contributed by atoms with E-state index in [0.29, 0.717) is 0 Å². The van der Waals surface area contributed by atoms with Gasteiger partial charge in [0.05, 0.1) is 5.01 Å². The van der Waals surface area contributed by atoms with E-state index in [1.54, 1.807) is 24.5 Å². The van der Waals surface area contributed by atoms with Crippen LogP contribution in [-0.2, 0) is 11.2 Å². The highest BCUT2D eigenvalue weighted by molar-refractivity contribution is 7.09. The van der Waals surface area contributed by atoms with Crippen molar-refractivity contribution in [3.8, 4) is 0 Å². The lowest BCUT2D eigenvalue weighted by molar-refractivity contribution is -0.120. The van der Waals surface area contributed by atoms with E-state index in [1.165, 1.54) is 0 Å². The number of ketones is 1. The molecule has 0 saturated carbocycles. The Kier molecular flexibility index (Phi) is 3.41. The van der Waals surface area contributed by atoms with Crippen LogP contribution < -0.4 is 0 Å². The molecule has 1 aromatic heterocycles. The monoisotopic (exact) mass is 183 g/mol. The van der Waals surface area contributed by atoms with E-state index in [9.17, 15) is 4.79 Å². The summed E-state index contributed by atoms with van der Waals surface area (Å²) in [4.78, 5) is 15.2. The van der Waals surface area contributed by atoms with Crippen LogP contribution in [0.3, 0.4) is 0 Å². The van der Waals surface area contributed by atoms with Gasteiger partial charge in [0.2, 0.25) is 0 Å². The molecule has 1 unspecified atom stereocenters. The van der Waals surface area contributed by atoms with Gasteiger partial charge in [0.1, 0.15) is 5.78 Å². The van der Waals surface area contributed by atoms with E-state index < -0.39 is 0 Å². The standard InChI is InChI=1S/C9H13NOS/c1-3-8(7(2)11)6-9-10-4-5-12-9/h4-5,8H,3,6H2,1-2H3. The summed E-state index contributed by atoms with van der Waals surface area (Å²) in [5, 5.41) is 3.01. The molecule has 1 rings (SSSR count). The third-order valence-corrected chi connectivity index (χ3v) is 2.77. The van der Waals surface area contributed by atoms with Crippen molar-refractivity contribution in [1.29, 1.82) is 0 Å². The van der Waals surface area contributed by atoms with Crippen LogP contribution in [0.4, 0.5) is 0 Å². The molecular weight excluding hydrogens is 170 g/mol. The fraction of sp³-hybridized carbons (Fsp3) is 0.556. The lowest BCUT2D eigenvalue weighted by Crippen LogP contribution is -2.12. The van der Waals surface area contributed by atoms with Gasteiger partial charge in [0, 0.05) is 23.9 Å². The number of carbonyl (C=O) groups excluding carboxylic acids is 1. The Balaban J connectivity index is 2.54. The van der Waals surface area contributed by atoms with Crippen LogP contribution in [-0.4, -0.2) is 10.8 Å². The molecule has 0 N–H and O–H groups in total. The SMILES string of the molecule is CCC(Cc1nccs1)C(C)=O. The molecular formula is C9H13NOS.